The molecule has 0 saturated carbocycles. The molecule has 0 atom stereocenters. The highest BCUT2D eigenvalue weighted by Crippen LogP contribution is 2.31. The summed E-state index contributed by atoms with van der Waals surface area (Å²) in [4.78, 5) is 8.66. The van der Waals surface area contributed by atoms with Gasteiger partial charge in [-0.25, -0.2) is 22.8 Å². The van der Waals surface area contributed by atoms with Crippen molar-refractivity contribution in [2.24, 2.45) is 0 Å². The van der Waals surface area contributed by atoms with Gasteiger partial charge >= 0.3 is 0 Å². The van der Waals surface area contributed by atoms with Gasteiger partial charge in [0.05, 0.1) is 29.8 Å². The molecule has 35 heavy (non-hydrogen) atoms. The van der Waals surface area contributed by atoms with E-state index in [1.54, 1.807) is 25.3 Å². The number of anilines is 2. The predicted octanol–water partition coefficient (Wildman–Crippen LogP) is 4.21. The second kappa shape index (κ2) is 9.18. The first-order valence-corrected chi connectivity index (χ1v) is 13.0. The quantitative estimate of drug-likeness (QED) is 0.413. The van der Waals surface area contributed by atoms with Crippen LogP contribution in [-0.2, 0) is 16.6 Å². The van der Waals surface area contributed by atoms with E-state index in [0.717, 1.165) is 22.3 Å². The average Bonchev–Trinajstić information content (AvgIpc) is 3.38. The van der Waals surface area contributed by atoms with Gasteiger partial charge in [-0.2, -0.15) is 0 Å². The highest BCUT2D eigenvalue weighted by molar-refractivity contribution is 7.93. The fourth-order valence-electron chi connectivity index (χ4n) is 4.54. The Hall–Kier alpha value is -3.66. The summed E-state index contributed by atoms with van der Waals surface area (Å²) in [6.07, 6.45) is 2.13. The van der Waals surface area contributed by atoms with E-state index in [9.17, 15) is 12.8 Å². The van der Waals surface area contributed by atoms with Gasteiger partial charge in [0.25, 0.3) is 0 Å². The topological polar surface area (TPSA) is 89.4 Å². The van der Waals surface area contributed by atoms with Gasteiger partial charge in [0.15, 0.2) is 0 Å². The van der Waals surface area contributed by atoms with E-state index >= 15 is 0 Å². The van der Waals surface area contributed by atoms with Gasteiger partial charge in [0.2, 0.25) is 10.0 Å². The molecule has 0 unspecified atom stereocenters. The van der Waals surface area contributed by atoms with Crippen molar-refractivity contribution in [1.82, 2.24) is 14.5 Å². The zero-order valence-corrected chi connectivity index (χ0v) is 20.3. The van der Waals surface area contributed by atoms with Crippen molar-refractivity contribution in [2.45, 2.75) is 19.9 Å². The number of halogens is 1. The third-order valence-corrected chi connectivity index (χ3v) is 8.13. The van der Waals surface area contributed by atoms with Crippen LogP contribution in [0.1, 0.15) is 12.1 Å². The van der Waals surface area contributed by atoms with Crippen LogP contribution in [0.15, 0.2) is 54.9 Å². The van der Waals surface area contributed by atoms with Crippen molar-refractivity contribution in [3.63, 3.8) is 0 Å². The second-order valence-corrected chi connectivity index (χ2v) is 10.5. The number of sulfonamides is 1. The van der Waals surface area contributed by atoms with Crippen LogP contribution >= 0.6 is 0 Å². The summed E-state index contributed by atoms with van der Waals surface area (Å²) in [5.41, 5.74) is 3.70. The molecule has 1 N–H and O–H groups in total. The van der Waals surface area contributed by atoms with E-state index in [0.29, 0.717) is 48.8 Å². The molecule has 182 valence electrons. The van der Waals surface area contributed by atoms with Crippen LogP contribution in [0.3, 0.4) is 0 Å². The van der Waals surface area contributed by atoms with Crippen LogP contribution in [0, 0.1) is 12.7 Å². The largest absolute Gasteiger partial charge is 0.496 e. The number of hydrogen-bond acceptors (Lipinski definition) is 6. The Morgan fingerprint density at radius 2 is 1.91 bits per heavy atom. The second-order valence-electron chi connectivity index (χ2n) is 8.45. The minimum Gasteiger partial charge on any atom is -0.496 e. The molecule has 4 aromatic rings. The van der Waals surface area contributed by atoms with Gasteiger partial charge in [-0.05, 0) is 43.7 Å². The van der Waals surface area contributed by atoms with E-state index in [1.165, 1.54) is 16.7 Å². The summed E-state index contributed by atoms with van der Waals surface area (Å²) >= 11 is 0. The molecule has 10 heteroatoms. The van der Waals surface area contributed by atoms with E-state index in [1.807, 2.05) is 35.8 Å². The fourth-order valence-corrected chi connectivity index (χ4v) is 6.11. The van der Waals surface area contributed by atoms with Gasteiger partial charge in [-0.1, -0.05) is 12.1 Å². The number of aryl methyl sites for hydroxylation is 1. The van der Waals surface area contributed by atoms with Crippen molar-refractivity contribution in [3.05, 3.63) is 66.4 Å². The average molecular weight is 496 g/mol. The number of rotatable bonds is 7. The highest BCUT2D eigenvalue weighted by Gasteiger charge is 2.28. The molecule has 3 heterocycles. The lowest BCUT2D eigenvalue weighted by Crippen LogP contribution is -2.24. The molecular formula is C25H26FN5O3S. The number of nitrogens with one attached hydrogen (secondary N) is 1. The molecule has 8 nitrogen and oxygen atoms in total. The Labute approximate surface area is 203 Å². The number of nitrogens with zero attached hydrogens (tertiary/aromatic N) is 4. The lowest BCUT2D eigenvalue weighted by molar-refractivity contribution is 0.419. The molecule has 0 aliphatic carbocycles. The van der Waals surface area contributed by atoms with Crippen molar-refractivity contribution < 1.29 is 17.5 Å². The third-order valence-electron chi connectivity index (χ3n) is 6.26. The first-order chi connectivity index (χ1) is 16.9. The van der Waals surface area contributed by atoms with Gasteiger partial charge < -0.3 is 14.6 Å². The molecule has 2 aromatic heterocycles. The SMILES string of the molecule is COc1ccc(F)c2c1cc(C)n2CCNc1cc(-c2ccc(N3CCCS3(=O)=O)cc2)ncn1. The zero-order valence-electron chi connectivity index (χ0n) is 19.5. The van der Waals surface area contributed by atoms with Crippen molar-refractivity contribution in [1.29, 1.82) is 0 Å². The standard InChI is InChI=1S/C25H26FN5O3S/c1-17-14-20-23(34-2)9-8-21(26)25(20)30(17)12-10-27-24-15-22(28-16-29-24)18-4-6-19(7-5-18)31-11-3-13-35(31,32)33/h4-9,14-16H,3,10-13H2,1-2H3,(H,27,28,29). The number of fused-ring (bicyclic) bond motifs is 1. The van der Waals surface area contributed by atoms with Crippen LogP contribution in [0.25, 0.3) is 22.2 Å². The Morgan fingerprint density at radius 1 is 1.11 bits per heavy atom. The monoisotopic (exact) mass is 495 g/mol. The van der Waals surface area contributed by atoms with Gasteiger partial charge in [0, 0.05) is 42.3 Å². The number of benzene rings is 2. The number of ether oxygens (including phenoxy) is 1. The fraction of sp³-hybridized carbons (Fsp3) is 0.280. The molecule has 0 spiro atoms. The Kier molecular flexibility index (Phi) is 6.06. The van der Waals surface area contributed by atoms with E-state index in [2.05, 4.69) is 15.3 Å². The number of hydrogen-bond donors (Lipinski definition) is 1. The van der Waals surface area contributed by atoms with Crippen LogP contribution < -0.4 is 14.4 Å². The Morgan fingerprint density at radius 3 is 2.63 bits per heavy atom. The molecule has 0 radical (unpaired) electrons. The van der Waals surface area contributed by atoms with Crippen molar-refractivity contribution in [2.75, 3.05) is 35.6 Å². The normalized spacial score (nSPS) is 15.0. The summed E-state index contributed by atoms with van der Waals surface area (Å²) in [5.74, 6) is 1.19. The molecule has 1 aliphatic heterocycles. The summed E-state index contributed by atoms with van der Waals surface area (Å²) in [6, 6.07) is 14.2. The lowest BCUT2D eigenvalue weighted by atomic mass is 10.1. The summed E-state index contributed by atoms with van der Waals surface area (Å²) in [7, 11) is -1.63. The molecular weight excluding hydrogens is 469 g/mol. The maximum absolute atomic E-state index is 14.6. The van der Waals surface area contributed by atoms with Gasteiger partial charge in [-0.15, -0.1) is 0 Å². The molecule has 5 rings (SSSR count). The van der Waals surface area contributed by atoms with Crippen LogP contribution in [0.2, 0.25) is 0 Å². The van der Waals surface area contributed by atoms with Gasteiger partial charge in [-0.3, -0.25) is 4.31 Å². The number of aromatic nitrogens is 3. The highest BCUT2D eigenvalue weighted by atomic mass is 32.2. The van der Waals surface area contributed by atoms with Crippen molar-refractivity contribution >= 4 is 32.4 Å². The Balaban J connectivity index is 1.30. The van der Waals surface area contributed by atoms with E-state index in [-0.39, 0.29) is 11.6 Å². The molecule has 1 aliphatic rings. The first kappa shape index (κ1) is 23.1. The minimum atomic E-state index is -3.21. The van der Waals surface area contributed by atoms with Crippen LogP contribution in [0.5, 0.6) is 5.75 Å². The smallest absolute Gasteiger partial charge is 0.235 e. The van der Waals surface area contributed by atoms with Crippen molar-refractivity contribution in [3.8, 4) is 17.0 Å². The zero-order chi connectivity index (χ0) is 24.6. The third kappa shape index (κ3) is 4.41. The van der Waals surface area contributed by atoms with E-state index < -0.39 is 10.0 Å². The maximum Gasteiger partial charge on any atom is 0.235 e. The minimum absolute atomic E-state index is 0.189. The molecule has 1 fully saturated rings. The maximum atomic E-state index is 14.6. The molecule has 0 bridgehead atoms. The molecule has 0 amide bonds. The lowest BCUT2D eigenvalue weighted by Gasteiger charge is -2.17. The summed E-state index contributed by atoms with van der Waals surface area (Å²) < 4.78 is 47.7. The van der Waals surface area contributed by atoms with Crippen LogP contribution in [0.4, 0.5) is 15.9 Å². The summed E-state index contributed by atoms with van der Waals surface area (Å²) in [6.45, 7) is 3.52. The van der Waals surface area contributed by atoms with E-state index in [4.69, 9.17) is 4.74 Å². The van der Waals surface area contributed by atoms with Gasteiger partial charge in [0.1, 0.15) is 23.7 Å². The van der Waals surface area contributed by atoms with Crippen LogP contribution in [-0.4, -0.2) is 48.9 Å². The Bertz CT molecular complexity index is 1490. The predicted molar refractivity (Wildman–Crippen MR) is 135 cm³/mol. The molecule has 2 aromatic carbocycles. The summed E-state index contributed by atoms with van der Waals surface area (Å²) in [5, 5.41) is 4.04. The number of methoxy groups -OCH3 is 1. The molecule has 1 saturated heterocycles. The first-order valence-electron chi connectivity index (χ1n) is 11.4.